The highest BCUT2D eigenvalue weighted by Crippen LogP contribution is 2.20. The Bertz CT molecular complexity index is 501. The summed E-state index contributed by atoms with van der Waals surface area (Å²) in [6, 6.07) is -0.326. The molecule has 0 aromatic carbocycles. The molecule has 1 unspecified atom stereocenters. The van der Waals surface area contributed by atoms with Crippen LogP contribution in [0.15, 0.2) is 12.4 Å². The molecule has 21 heavy (non-hydrogen) atoms. The van der Waals surface area contributed by atoms with Crippen LogP contribution >= 0.6 is 0 Å². The Kier molecular flexibility index (Phi) is 5.29. The number of urea groups is 1. The van der Waals surface area contributed by atoms with E-state index in [0.29, 0.717) is 6.54 Å². The highest BCUT2D eigenvalue weighted by atomic mass is 16.2. The first-order valence-corrected chi connectivity index (χ1v) is 7.05. The minimum atomic E-state index is -0.471. The zero-order chi connectivity index (χ0) is 15.2. The van der Waals surface area contributed by atoms with Gasteiger partial charge in [0.2, 0.25) is 5.91 Å². The lowest BCUT2D eigenvalue weighted by Crippen LogP contribution is -2.48. The van der Waals surface area contributed by atoms with Gasteiger partial charge in [0.25, 0.3) is 0 Å². The van der Waals surface area contributed by atoms with E-state index in [4.69, 9.17) is 0 Å². The van der Waals surface area contributed by atoms with E-state index in [9.17, 15) is 9.59 Å². The van der Waals surface area contributed by atoms with E-state index in [1.807, 2.05) is 17.8 Å². The van der Waals surface area contributed by atoms with E-state index in [-0.39, 0.29) is 18.4 Å². The van der Waals surface area contributed by atoms with Gasteiger partial charge in [-0.15, -0.1) is 0 Å². The van der Waals surface area contributed by atoms with Gasteiger partial charge in [0.05, 0.1) is 6.04 Å². The molecule has 1 atom stereocenters. The molecule has 0 spiro atoms. The number of aryl methyl sites for hydroxylation is 1. The number of carbonyl (C=O) groups excluding carboxylic acids is 2. The number of carbonyl (C=O) groups is 2. The van der Waals surface area contributed by atoms with E-state index in [1.165, 1.54) is 7.05 Å². The van der Waals surface area contributed by atoms with Crippen molar-refractivity contribution in [1.29, 1.82) is 0 Å². The molecule has 1 fully saturated rings. The van der Waals surface area contributed by atoms with Gasteiger partial charge in [-0.2, -0.15) is 0 Å². The lowest BCUT2D eigenvalue weighted by Gasteiger charge is -2.35. The number of aromatic nitrogens is 2. The van der Waals surface area contributed by atoms with Crippen LogP contribution in [0.1, 0.15) is 18.3 Å². The summed E-state index contributed by atoms with van der Waals surface area (Å²) in [5, 5.41) is 7.99. The van der Waals surface area contributed by atoms with Crippen LogP contribution in [0.3, 0.4) is 0 Å². The SMILES string of the molecule is CNC(=O)NC(=O)CCN1CCNCC1c1nccn1C. The first-order valence-electron chi connectivity index (χ1n) is 7.05. The Labute approximate surface area is 123 Å². The second kappa shape index (κ2) is 7.19. The summed E-state index contributed by atoms with van der Waals surface area (Å²) in [7, 11) is 3.45. The number of amides is 3. The zero-order valence-electron chi connectivity index (χ0n) is 12.4. The molecule has 8 heteroatoms. The maximum absolute atomic E-state index is 11.7. The van der Waals surface area contributed by atoms with Gasteiger partial charge in [-0.1, -0.05) is 0 Å². The molecule has 1 aliphatic heterocycles. The summed E-state index contributed by atoms with van der Waals surface area (Å²) in [6.07, 6.45) is 3.98. The number of imidazole rings is 1. The van der Waals surface area contributed by atoms with Crippen molar-refractivity contribution in [3.63, 3.8) is 0 Å². The molecular weight excluding hydrogens is 272 g/mol. The van der Waals surface area contributed by atoms with Crippen molar-refractivity contribution in [1.82, 2.24) is 30.4 Å². The summed E-state index contributed by atoms with van der Waals surface area (Å²) in [5.74, 6) is 0.709. The Balaban J connectivity index is 1.92. The van der Waals surface area contributed by atoms with Crippen molar-refractivity contribution in [2.75, 3.05) is 33.2 Å². The maximum Gasteiger partial charge on any atom is 0.321 e. The van der Waals surface area contributed by atoms with Crippen molar-refractivity contribution < 1.29 is 9.59 Å². The molecule has 1 saturated heterocycles. The summed E-state index contributed by atoms with van der Waals surface area (Å²) in [6.45, 7) is 3.15. The normalized spacial score (nSPS) is 19.2. The third-order valence-electron chi connectivity index (χ3n) is 3.62. The number of hydrogen-bond acceptors (Lipinski definition) is 5. The van der Waals surface area contributed by atoms with Crippen LogP contribution in [-0.4, -0.2) is 59.6 Å². The van der Waals surface area contributed by atoms with E-state index in [1.54, 1.807) is 6.20 Å². The molecule has 0 saturated carbocycles. The van der Waals surface area contributed by atoms with Crippen LogP contribution < -0.4 is 16.0 Å². The molecular formula is C13H22N6O2. The van der Waals surface area contributed by atoms with Gasteiger partial charge in [0.15, 0.2) is 0 Å². The smallest absolute Gasteiger partial charge is 0.321 e. The van der Waals surface area contributed by atoms with E-state index in [2.05, 4.69) is 25.8 Å². The Hall–Kier alpha value is -1.93. The van der Waals surface area contributed by atoms with Crippen LogP contribution in [0.25, 0.3) is 0 Å². The summed E-state index contributed by atoms with van der Waals surface area (Å²) in [5.41, 5.74) is 0. The lowest BCUT2D eigenvalue weighted by molar-refractivity contribution is -0.120. The molecule has 2 rings (SSSR count). The predicted octanol–water partition coefficient (Wildman–Crippen LogP) is -0.788. The van der Waals surface area contributed by atoms with Gasteiger partial charge in [-0.3, -0.25) is 15.0 Å². The largest absolute Gasteiger partial charge is 0.341 e. The molecule has 0 aliphatic carbocycles. The first kappa shape index (κ1) is 15.5. The molecule has 3 N–H and O–H groups in total. The highest BCUT2D eigenvalue weighted by Gasteiger charge is 2.26. The van der Waals surface area contributed by atoms with Gasteiger partial charge < -0.3 is 15.2 Å². The highest BCUT2D eigenvalue weighted by molar-refractivity contribution is 5.94. The zero-order valence-corrected chi connectivity index (χ0v) is 12.4. The summed E-state index contributed by atoms with van der Waals surface area (Å²) < 4.78 is 2.00. The molecule has 1 aromatic heterocycles. The van der Waals surface area contributed by atoms with Crippen molar-refractivity contribution in [3.8, 4) is 0 Å². The minimum absolute atomic E-state index is 0.145. The van der Waals surface area contributed by atoms with E-state index in [0.717, 1.165) is 25.5 Å². The molecule has 3 amide bonds. The fourth-order valence-electron chi connectivity index (χ4n) is 2.46. The van der Waals surface area contributed by atoms with Crippen molar-refractivity contribution in [2.45, 2.75) is 12.5 Å². The predicted molar refractivity (Wildman–Crippen MR) is 77.6 cm³/mol. The van der Waals surface area contributed by atoms with Crippen LogP contribution in [-0.2, 0) is 11.8 Å². The third-order valence-corrected chi connectivity index (χ3v) is 3.62. The summed E-state index contributed by atoms with van der Waals surface area (Å²) >= 11 is 0. The fourth-order valence-corrected chi connectivity index (χ4v) is 2.46. The standard InChI is InChI=1S/C13H22N6O2/c1-14-13(21)17-11(20)3-6-19-8-4-15-9-10(19)12-16-5-7-18(12)2/h5,7,10,15H,3-4,6,8-9H2,1-2H3,(H2,14,17,20,21). The maximum atomic E-state index is 11.7. The van der Waals surface area contributed by atoms with Crippen LogP contribution in [0.4, 0.5) is 4.79 Å². The average molecular weight is 294 g/mol. The number of nitrogens with one attached hydrogen (secondary N) is 3. The molecule has 0 bridgehead atoms. The molecule has 1 aromatic rings. The Morgan fingerprint density at radius 1 is 1.52 bits per heavy atom. The minimum Gasteiger partial charge on any atom is -0.341 e. The van der Waals surface area contributed by atoms with Crippen LogP contribution in [0, 0.1) is 0 Å². The average Bonchev–Trinajstić information content (AvgIpc) is 2.91. The van der Waals surface area contributed by atoms with E-state index < -0.39 is 6.03 Å². The molecule has 1 aliphatic rings. The number of imide groups is 1. The number of rotatable bonds is 4. The van der Waals surface area contributed by atoms with Crippen molar-refractivity contribution in [2.24, 2.45) is 7.05 Å². The van der Waals surface area contributed by atoms with Gasteiger partial charge in [-0.25, -0.2) is 9.78 Å². The summed E-state index contributed by atoms with van der Waals surface area (Å²) in [4.78, 5) is 29.4. The third kappa shape index (κ3) is 4.02. The molecule has 0 radical (unpaired) electrons. The number of nitrogens with zero attached hydrogens (tertiary/aromatic N) is 3. The Morgan fingerprint density at radius 2 is 2.33 bits per heavy atom. The number of hydrogen-bond donors (Lipinski definition) is 3. The molecule has 116 valence electrons. The van der Waals surface area contributed by atoms with E-state index >= 15 is 0 Å². The van der Waals surface area contributed by atoms with Gasteiger partial charge in [0, 0.05) is 59.1 Å². The van der Waals surface area contributed by atoms with Crippen molar-refractivity contribution >= 4 is 11.9 Å². The van der Waals surface area contributed by atoms with Crippen molar-refractivity contribution in [3.05, 3.63) is 18.2 Å². The molecule has 2 heterocycles. The lowest BCUT2D eigenvalue weighted by atomic mass is 10.1. The molecule has 8 nitrogen and oxygen atoms in total. The second-order valence-electron chi connectivity index (χ2n) is 5.03. The van der Waals surface area contributed by atoms with Gasteiger partial charge >= 0.3 is 6.03 Å². The first-order chi connectivity index (χ1) is 10.1. The quantitative estimate of drug-likeness (QED) is 0.677. The van der Waals surface area contributed by atoms with Crippen LogP contribution in [0.2, 0.25) is 0 Å². The van der Waals surface area contributed by atoms with Gasteiger partial charge in [0.1, 0.15) is 5.82 Å². The Morgan fingerprint density at radius 3 is 3.00 bits per heavy atom. The fraction of sp³-hybridized carbons (Fsp3) is 0.615. The second-order valence-corrected chi connectivity index (χ2v) is 5.03. The van der Waals surface area contributed by atoms with Gasteiger partial charge in [-0.05, 0) is 0 Å². The topological polar surface area (TPSA) is 91.3 Å². The van der Waals surface area contributed by atoms with Crippen LogP contribution in [0.5, 0.6) is 0 Å². The monoisotopic (exact) mass is 294 g/mol. The number of piperazine rings is 1.